The van der Waals surface area contributed by atoms with Crippen LogP contribution in [0.3, 0.4) is 0 Å². The second kappa shape index (κ2) is 6.53. The van der Waals surface area contributed by atoms with E-state index in [9.17, 15) is 0 Å². The third-order valence-corrected chi connectivity index (χ3v) is 4.42. The Morgan fingerprint density at radius 1 is 1.26 bits per heavy atom. The van der Waals surface area contributed by atoms with Crippen molar-refractivity contribution in [3.05, 3.63) is 35.4 Å². The summed E-state index contributed by atoms with van der Waals surface area (Å²) in [5.74, 6) is 0.814. The predicted molar refractivity (Wildman–Crippen MR) is 82.4 cm³/mol. The molecule has 1 aromatic rings. The van der Waals surface area contributed by atoms with E-state index in [1.807, 2.05) is 0 Å². The lowest BCUT2D eigenvalue weighted by atomic mass is 10.0. The lowest BCUT2D eigenvalue weighted by molar-refractivity contribution is 0.263. The highest BCUT2D eigenvalue weighted by Gasteiger charge is 2.24. The van der Waals surface area contributed by atoms with Crippen molar-refractivity contribution < 1.29 is 0 Å². The summed E-state index contributed by atoms with van der Waals surface area (Å²) in [5.41, 5.74) is 2.82. The van der Waals surface area contributed by atoms with Crippen LogP contribution in [0.5, 0.6) is 0 Å². The van der Waals surface area contributed by atoms with E-state index in [1.165, 1.54) is 30.6 Å². The zero-order chi connectivity index (χ0) is 13.8. The highest BCUT2D eigenvalue weighted by atomic mass is 15.2. The Hall–Kier alpha value is -0.860. The van der Waals surface area contributed by atoms with Crippen LogP contribution in [0.2, 0.25) is 0 Å². The summed E-state index contributed by atoms with van der Waals surface area (Å²) in [4.78, 5) is 2.59. The highest BCUT2D eigenvalue weighted by molar-refractivity contribution is 5.28. The molecular weight excluding hydrogens is 232 g/mol. The van der Waals surface area contributed by atoms with Crippen molar-refractivity contribution in [2.45, 2.75) is 46.2 Å². The van der Waals surface area contributed by atoms with Gasteiger partial charge < -0.3 is 10.2 Å². The Morgan fingerprint density at radius 3 is 2.63 bits per heavy atom. The van der Waals surface area contributed by atoms with Crippen LogP contribution in [0, 0.1) is 12.8 Å². The van der Waals surface area contributed by atoms with Crippen LogP contribution in [-0.4, -0.2) is 30.6 Å². The molecule has 106 valence electrons. The first-order valence-electron chi connectivity index (χ1n) is 7.61. The molecule has 2 heteroatoms. The average Bonchev–Trinajstić information content (AvgIpc) is 2.85. The van der Waals surface area contributed by atoms with Crippen LogP contribution in [0.15, 0.2) is 24.3 Å². The molecule has 1 fully saturated rings. The summed E-state index contributed by atoms with van der Waals surface area (Å²) in [6.45, 7) is 12.7. The lowest BCUT2D eigenvalue weighted by Crippen LogP contribution is -2.31. The zero-order valence-electron chi connectivity index (χ0n) is 12.8. The highest BCUT2D eigenvalue weighted by Crippen LogP contribution is 2.20. The van der Waals surface area contributed by atoms with E-state index in [0.717, 1.165) is 12.5 Å². The van der Waals surface area contributed by atoms with Crippen molar-refractivity contribution in [2.75, 3.05) is 19.6 Å². The van der Waals surface area contributed by atoms with Crippen LogP contribution in [0.1, 0.15) is 44.4 Å². The molecule has 0 radical (unpaired) electrons. The molecule has 1 heterocycles. The first kappa shape index (κ1) is 14.5. The number of benzene rings is 1. The minimum Gasteiger partial charge on any atom is -0.310 e. The number of hydrogen-bond donors (Lipinski definition) is 1. The van der Waals surface area contributed by atoms with Crippen molar-refractivity contribution >= 4 is 0 Å². The van der Waals surface area contributed by atoms with E-state index >= 15 is 0 Å². The molecule has 0 aliphatic carbocycles. The van der Waals surface area contributed by atoms with Crippen LogP contribution in [-0.2, 0) is 0 Å². The van der Waals surface area contributed by atoms with E-state index in [4.69, 9.17) is 0 Å². The molecule has 1 N–H and O–H groups in total. The van der Waals surface area contributed by atoms with Crippen LogP contribution < -0.4 is 5.32 Å². The van der Waals surface area contributed by atoms with Gasteiger partial charge in [0.15, 0.2) is 0 Å². The molecular formula is C17H28N2. The van der Waals surface area contributed by atoms with Gasteiger partial charge in [0.05, 0.1) is 0 Å². The van der Waals surface area contributed by atoms with Gasteiger partial charge in [-0.15, -0.1) is 0 Å². The minimum atomic E-state index is 0.453. The first-order chi connectivity index (χ1) is 9.08. The molecule has 1 aromatic carbocycles. The zero-order valence-corrected chi connectivity index (χ0v) is 12.8. The third-order valence-electron chi connectivity index (χ3n) is 4.42. The summed E-state index contributed by atoms with van der Waals surface area (Å²) in [6.07, 6.45) is 1.34. The van der Waals surface area contributed by atoms with E-state index in [0.29, 0.717) is 12.1 Å². The smallest absolute Gasteiger partial charge is 0.0294 e. The normalized spacial score (nSPS) is 22.1. The Bertz CT molecular complexity index is 400. The summed E-state index contributed by atoms with van der Waals surface area (Å²) >= 11 is 0. The molecule has 19 heavy (non-hydrogen) atoms. The summed E-state index contributed by atoms with van der Waals surface area (Å²) in [5, 5.41) is 3.71. The molecule has 2 unspecified atom stereocenters. The van der Waals surface area contributed by atoms with Gasteiger partial charge in [-0.25, -0.2) is 0 Å². The van der Waals surface area contributed by atoms with Crippen LogP contribution >= 0.6 is 0 Å². The number of nitrogens with one attached hydrogen (secondary N) is 1. The van der Waals surface area contributed by atoms with Crippen molar-refractivity contribution in [3.8, 4) is 0 Å². The molecule has 0 amide bonds. The molecule has 1 aliphatic heterocycles. The van der Waals surface area contributed by atoms with Gasteiger partial charge in [-0.3, -0.25) is 0 Å². The number of likely N-dealkylation sites (tertiary alicyclic amines) is 1. The first-order valence-corrected chi connectivity index (χ1v) is 7.61. The largest absolute Gasteiger partial charge is 0.310 e. The Kier molecular flexibility index (Phi) is 5.00. The number of nitrogens with zero attached hydrogens (tertiary/aromatic N) is 1. The monoisotopic (exact) mass is 260 g/mol. The number of aryl methyl sites for hydroxylation is 1. The second-order valence-electron chi connectivity index (χ2n) is 6.23. The summed E-state index contributed by atoms with van der Waals surface area (Å²) in [7, 11) is 0. The van der Waals surface area contributed by atoms with Crippen molar-refractivity contribution in [1.29, 1.82) is 0 Å². The van der Waals surface area contributed by atoms with Gasteiger partial charge in [0.25, 0.3) is 0 Å². The molecule has 1 saturated heterocycles. The van der Waals surface area contributed by atoms with Crippen molar-refractivity contribution in [2.24, 2.45) is 5.92 Å². The number of rotatable bonds is 5. The second-order valence-corrected chi connectivity index (χ2v) is 6.23. The van der Waals surface area contributed by atoms with E-state index in [1.54, 1.807) is 0 Å². The van der Waals surface area contributed by atoms with E-state index < -0.39 is 0 Å². The Labute approximate surface area is 118 Å². The average molecular weight is 260 g/mol. The van der Waals surface area contributed by atoms with Gasteiger partial charge in [0.2, 0.25) is 0 Å². The Morgan fingerprint density at radius 2 is 2.00 bits per heavy atom. The maximum absolute atomic E-state index is 3.71. The maximum atomic E-state index is 3.71. The number of hydrogen-bond acceptors (Lipinski definition) is 2. The quantitative estimate of drug-likeness (QED) is 0.873. The van der Waals surface area contributed by atoms with Gasteiger partial charge >= 0.3 is 0 Å². The van der Waals surface area contributed by atoms with Gasteiger partial charge in [-0.1, -0.05) is 24.3 Å². The van der Waals surface area contributed by atoms with E-state index in [2.05, 4.69) is 62.2 Å². The van der Waals surface area contributed by atoms with Gasteiger partial charge in [0.1, 0.15) is 0 Å². The third kappa shape index (κ3) is 3.80. The van der Waals surface area contributed by atoms with Crippen molar-refractivity contribution in [3.63, 3.8) is 0 Å². The summed E-state index contributed by atoms with van der Waals surface area (Å²) < 4.78 is 0. The molecule has 0 spiro atoms. The fourth-order valence-electron chi connectivity index (χ4n) is 3.02. The van der Waals surface area contributed by atoms with Gasteiger partial charge in [-0.2, -0.15) is 0 Å². The molecule has 0 bridgehead atoms. The minimum absolute atomic E-state index is 0.453. The SMILES string of the molecule is Cc1ccccc1C(C)NCC1CCN(C(C)C)C1. The van der Waals surface area contributed by atoms with Crippen LogP contribution in [0.25, 0.3) is 0 Å². The maximum Gasteiger partial charge on any atom is 0.0294 e. The standard InChI is InChI=1S/C17H28N2/c1-13(2)19-10-9-16(12-19)11-18-15(4)17-8-6-5-7-14(17)3/h5-8,13,15-16,18H,9-12H2,1-4H3. The molecule has 2 nitrogen and oxygen atoms in total. The topological polar surface area (TPSA) is 15.3 Å². The predicted octanol–water partition coefficient (Wildman–Crippen LogP) is 3.38. The van der Waals surface area contributed by atoms with Crippen molar-refractivity contribution in [1.82, 2.24) is 10.2 Å². The lowest BCUT2D eigenvalue weighted by Gasteiger charge is -2.22. The van der Waals surface area contributed by atoms with Gasteiger partial charge in [0, 0.05) is 18.6 Å². The Balaban J connectivity index is 1.82. The van der Waals surface area contributed by atoms with Crippen LogP contribution in [0.4, 0.5) is 0 Å². The molecule has 0 saturated carbocycles. The molecule has 1 aliphatic rings. The summed E-state index contributed by atoms with van der Waals surface area (Å²) in [6, 6.07) is 9.83. The molecule has 2 rings (SSSR count). The fourth-order valence-corrected chi connectivity index (χ4v) is 3.02. The van der Waals surface area contributed by atoms with E-state index in [-0.39, 0.29) is 0 Å². The fraction of sp³-hybridized carbons (Fsp3) is 0.647. The van der Waals surface area contributed by atoms with Gasteiger partial charge in [-0.05, 0) is 64.3 Å². The molecule has 2 atom stereocenters. The molecule has 0 aromatic heterocycles.